The summed E-state index contributed by atoms with van der Waals surface area (Å²) in [5.74, 6) is -1.49. The van der Waals surface area contributed by atoms with E-state index in [1.54, 1.807) is 0 Å². The number of primary sulfonamides is 1. The number of halogens is 1. The van der Waals surface area contributed by atoms with Crippen LogP contribution in [0.5, 0.6) is 0 Å². The molecule has 1 aromatic heterocycles. The third-order valence-electron chi connectivity index (χ3n) is 3.68. The minimum atomic E-state index is -4.00. The molecule has 0 aliphatic rings. The monoisotopic (exact) mass is 354 g/mol. The maximum Gasteiger partial charge on any atom is 0.254 e. The van der Waals surface area contributed by atoms with Gasteiger partial charge in [0.1, 0.15) is 5.82 Å². The van der Waals surface area contributed by atoms with Crippen LogP contribution in [0.4, 0.5) is 4.39 Å². The van der Waals surface area contributed by atoms with E-state index in [0.717, 1.165) is 35.2 Å². The lowest BCUT2D eigenvalue weighted by atomic mass is 10.1. The number of aryl methyl sites for hydroxylation is 2. The maximum absolute atomic E-state index is 13.7. The fourth-order valence-corrected chi connectivity index (χ4v) is 2.90. The van der Waals surface area contributed by atoms with E-state index in [0.29, 0.717) is 19.4 Å². The molecule has 0 fully saturated rings. The highest BCUT2D eigenvalue weighted by Gasteiger charge is 2.16. The molecule has 0 aliphatic carbocycles. The van der Waals surface area contributed by atoms with Gasteiger partial charge in [0, 0.05) is 12.2 Å². The lowest BCUT2D eigenvalue weighted by molar-refractivity contribution is 0.0949. The van der Waals surface area contributed by atoms with E-state index in [1.807, 2.05) is 13.8 Å². The van der Waals surface area contributed by atoms with Gasteiger partial charge in [0.05, 0.1) is 16.2 Å². The van der Waals surface area contributed by atoms with Crippen molar-refractivity contribution < 1.29 is 17.6 Å². The number of carbonyl (C=O) groups excluding carboxylic acids is 1. The van der Waals surface area contributed by atoms with Crippen LogP contribution in [0.3, 0.4) is 0 Å². The summed E-state index contributed by atoms with van der Waals surface area (Å²) in [6.07, 6.45) is 1.36. The second-order valence-electron chi connectivity index (χ2n) is 5.46. The highest BCUT2D eigenvalue weighted by Crippen LogP contribution is 2.14. The van der Waals surface area contributed by atoms with Gasteiger partial charge in [-0.1, -0.05) is 0 Å². The Hall–Kier alpha value is -2.26. The van der Waals surface area contributed by atoms with Crippen LogP contribution in [0.1, 0.15) is 33.7 Å². The van der Waals surface area contributed by atoms with Crippen molar-refractivity contribution in [3.05, 3.63) is 46.5 Å². The van der Waals surface area contributed by atoms with Gasteiger partial charge in [-0.25, -0.2) is 17.9 Å². The number of amides is 1. The number of H-pyrrole nitrogens is 1. The minimum Gasteiger partial charge on any atom is -0.352 e. The average Bonchev–Trinajstić information content (AvgIpc) is 2.82. The zero-order chi connectivity index (χ0) is 17.9. The predicted molar refractivity (Wildman–Crippen MR) is 86.5 cm³/mol. The van der Waals surface area contributed by atoms with Crippen LogP contribution < -0.4 is 10.5 Å². The van der Waals surface area contributed by atoms with Crippen molar-refractivity contribution in [2.24, 2.45) is 5.14 Å². The van der Waals surface area contributed by atoms with Crippen LogP contribution in [0.15, 0.2) is 23.1 Å². The quantitative estimate of drug-likeness (QED) is 0.675. The zero-order valence-corrected chi connectivity index (χ0v) is 14.2. The molecule has 4 N–H and O–H groups in total. The first-order valence-electron chi connectivity index (χ1n) is 7.31. The maximum atomic E-state index is 13.7. The number of hydrogen-bond acceptors (Lipinski definition) is 4. The Kier molecular flexibility index (Phi) is 5.35. The average molecular weight is 354 g/mol. The number of nitrogens with two attached hydrogens (primary N) is 1. The molecule has 24 heavy (non-hydrogen) atoms. The van der Waals surface area contributed by atoms with E-state index in [-0.39, 0.29) is 10.5 Å². The fourth-order valence-electron chi connectivity index (χ4n) is 2.36. The van der Waals surface area contributed by atoms with E-state index in [9.17, 15) is 17.6 Å². The van der Waals surface area contributed by atoms with Crippen LogP contribution in [-0.4, -0.2) is 31.1 Å². The smallest absolute Gasteiger partial charge is 0.254 e. The molecule has 1 aromatic carbocycles. The highest BCUT2D eigenvalue weighted by atomic mass is 32.2. The van der Waals surface area contributed by atoms with Crippen molar-refractivity contribution in [1.82, 2.24) is 15.5 Å². The molecular formula is C15H19FN4O3S. The molecule has 0 bridgehead atoms. The van der Waals surface area contributed by atoms with Crippen LogP contribution in [-0.2, 0) is 16.4 Å². The lowest BCUT2D eigenvalue weighted by Crippen LogP contribution is -2.26. The molecule has 9 heteroatoms. The highest BCUT2D eigenvalue weighted by molar-refractivity contribution is 7.89. The van der Waals surface area contributed by atoms with Gasteiger partial charge in [-0.15, -0.1) is 0 Å². The van der Waals surface area contributed by atoms with Gasteiger partial charge in [0.25, 0.3) is 5.91 Å². The largest absolute Gasteiger partial charge is 0.352 e. The zero-order valence-electron chi connectivity index (χ0n) is 13.4. The summed E-state index contributed by atoms with van der Waals surface area (Å²) >= 11 is 0. The van der Waals surface area contributed by atoms with Crippen LogP contribution >= 0.6 is 0 Å². The Morgan fingerprint density at radius 3 is 2.67 bits per heavy atom. The van der Waals surface area contributed by atoms with Gasteiger partial charge in [0.15, 0.2) is 0 Å². The first-order chi connectivity index (χ1) is 11.2. The molecule has 0 spiro atoms. The van der Waals surface area contributed by atoms with E-state index < -0.39 is 21.7 Å². The lowest BCUT2D eigenvalue weighted by Gasteiger charge is -2.08. The molecule has 0 aliphatic heterocycles. The molecule has 7 nitrogen and oxygen atoms in total. The summed E-state index contributed by atoms with van der Waals surface area (Å²) in [7, 11) is -4.00. The Labute approximate surface area is 139 Å². The molecule has 0 unspecified atom stereocenters. The van der Waals surface area contributed by atoms with Crippen molar-refractivity contribution in [1.29, 1.82) is 0 Å². The fraction of sp³-hybridized carbons (Fsp3) is 0.333. The van der Waals surface area contributed by atoms with E-state index in [2.05, 4.69) is 15.5 Å². The van der Waals surface area contributed by atoms with E-state index >= 15 is 0 Å². The summed E-state index contributed by atoms with van der Waals surface area (Å²) in [4.78, 5) is 11.7. The van der Waals surface area contributed by atoms with Crippen LogP contribution in [0.25, 0.3) is 0 Å². The van der Waals surface area contributed by atoms with Crippen LogP contribution in [0.2, 0.25) is 0 Å². The first kappa shape index (κ1) is 18.1. The first-order valence-corrected chi connectivity index (χ1v) is 8.85. The second kappa shape index (κ2) is 7.10. The van der Waals surface area contributed by atoms with Gasteiger partial charge in [-0.3, -0.25) is 9.89 Å². The molecule has 2 aromatic rings. The van der Waals surface area contributed by atoms with E-state index in [1.165, 1.54) is 0 Å². The Morgan fingerprint density at radius 1 is 1.38 bits per heavy atom. The van der Waals surface area contributed by atoms with Gasteiger partial charge in [-0.2, -0.15) is 5.10 Å². The van der Waals surface area contributed by atoms with Crippen molar-refractivity contribution in [3.8, 4) is 0 Å². The number of aromatic amines is 1. The summed E-state index contributed by atoms with van der Waals surface area (Å²) in [6.45, 7) is 4.13. The summed E-state index contributed by atoms with van der Waals surface area (Å²) in [6, 6.07) is 2.86. The van der Waals surface area contributed by atoms with E-state index in [4.69, 9.17) is 5.14 Å². The molecule has 0 saturated carbocycles. The topological polar surface area (TPSA) is 118 Å². The summed E-state index contributed by atoms with van der Waals surface area (Å²) in [5, 5.41) is 14.5. The summed E-state index contributed by atoms with van der Waals surface area (Å²) < 4.78 is 36.3. The summed E-state index contributed by atoms with van der Waals surface area (Å²) in [5.41, 5.74) is 2.63. The SMILES string of the molecule is Cc1n[nH]c(C)c1CCCNC(=O)c1cc(S(N)(=O)=O)ccc1F. The number of benzene rings is 1. The molecule has 0 saturated heterocycles. The van der Waals surface area contributed by atoms with Crippen molar-refractivity contribution in [2.75, 3.05) is 6.54 Å². The molecule has 130 valence electrons. The number of aromatic nitrogens is 2. The number of carbonyl (C=O) groups is 1. The van der Waals surface area contributed by atoms with Gasteiger partial charge in [-0.05, 0) is 50.5 Å². The van der Waals surface area contributed by atoms with Crippen molar-refractivity contribution in [2.45, 2.75) is 31.6 Å². The number of hydrogen-bond donors (Lipinski definition) is 3. The molecule has 2 rings (SSSR count). The Balaban J connectivity index is 1.98. The predicted octanol–water partition coefficient (Wildman–Crippen LogP) is 1.18. The minimum absolute atomic E-state index is 0.307. The molecular weight excluding hydrogens is 335 g/mol. The van der Waals surface area contributed by atoms with Crippen LogP contribution in [0, 0.1) is 19.7 Å². The third-order valence-corrected chi connectivity index (χ3v) is 4.59. The van der Waals surface area contributed by atoms with Gasteiger partial charge in [0.2, 0.25) is 10.0 Å². The number of nitrogens with one attached hydrogen (secondary N) is 2. The molecule has 1 amide bonds. The van der Waals surface area contributed by atoms with Gasteiger partial charge < -0.3 is 5.32 Å². The van der Waals surface area contributed by atoms with Crippen molar-refractivity contribution in [3.63, 3.8) is 0 Å². The third kappa shape index (κ3) is 4.18. The molecule has 1 heterocycles. The van der Waals surface area contributed by atoms with Gasteiger partial charge >= 0.3 is 0 Å². The number of sulfonamides is 1. The molecule has 0 radical (unpaired) electrons. The Bertz CT molecular complexity index is 842. The number of rotatable bonds is 6. The number of nitrogens with zero attached hydrogens (tertiary/aromatic N) is 1. The standard InChI is InChI=1S/C15H19FN4O3S/c1-9-12(10(2)20-19-9)4-3-7-18-15(21)13-8-11(24(17,22)23)5-6-14(13)16/h5-6,8H,3-4,7H2,1-2H3,(H,18,21)(H,19,20)(H2,17,22,23). The Morgan fingerprint density at radius 2 is 2.08 bits per heavy atom. The molecule has 0 atom stereocenters. The van der Waals surface area contributed by atoms with Crippen molar-refractivity contribution >= 4 is 15.9 Å². The second-order valence-corrected chi connectivity index (χ2v) is 7.02. The normalized spacial score (nSPS) is 11.5.